The molecule has 6 heteroatoms. The van der Waals surface area contributed by atoms with E-state index in [1.165, 1.54) is 17.8 Å². The van der Waals surface area contributed by atoms with Crippen molar-refractivity contribution in [2.75, 3.05) is 0 Å². The maximum absolute atomic E-state index is 12.1. The standard InChI is InChI=1S/C20H17NO4S/c1-13(2)20(22)25-17-12-11-14-7-3-4-8-15(14)19(17)26-18-10-6-5-9-16(18)21(23)24/h3-13H,1-2H3. The first kappa shape index (κ1) is 17.9. The third-order valence-electron chi connectivity index (χ3n) is 3.80. The average molecular weight is 367 g/mol. The van der Waals surface area contributed by atoms with Gasteiger partial charge in [0.15, 0.2) is 0 Å². The first-order valence-corrected chi connectivity index (χ1v) is 8.93. The number of carbonyl (C=O) groups is 1. The van der Waals surface area contributed by atoms with Gasteiger partial charge in [-0.25, -0.2) is 0 Å². The Morgan fingerprint density at radius 3 is 2.46 bits per heavy atom. The van der Waals surface area contributed by atoms with Crippen molar-refractivity contribution >= 4 is 34.2 Å². The molecule has 0 aliphatic heterocycles. The van der Waals surface area contributed by atoms with Crippen molar-refractivity contribution in [2.24, 2.45) is 5.92 Å². The van der Waals surface area contributed by atoms with E-state index in [0.29, 0.717) is 15.5 Å². The van der Waals surface area contributed by atoms with Gasteiger partial charge in [0, 0.05) is 6.07 Å². The van der Waals surface area contributed by atoms with Gasteiger partial charge in [-0.3, -0.25) is 14.9 Å². The van der Waals surface area contributed by atoms with Crippen molar-refractivity contribution in [1.82, 2.24) is 0 Å². The lowest BCUT2D eigenvalue weighted by atomic mass is 10.1. The number of fused-ring (bicyclic) bond motifs is 1. The smallest absolute Gasteiger partial charge is 0.313 e. The molecule has 5 nitrogen and oxygen atoms in total. The highest BCUT2D eigenvalue weighted by Gasteiger charge is 2.20. The van der Waals surface area contributed by atoms with Crippen molar-refractivity contribution in [1.29, 1.82) is 0 Å². The van der Waals surface area contributed by atoms with E-state index in [-0.39, 0.29) is 17.6 Å². The van der Waals surface area contributed by atoms with Crippen molar-refractivity contribution in [2.45, 2.75) is 23.6 Å². The van der Waals surface area contributed by atoms with Gasteiger partial charge in [0.05, 0.1) is 20.6 Å². The van der Waals surface area contributed by atoms with Crippen LogP contribution in [-0.4, -0.2) is 10.9 Å². The summed E-state index contributed by atoms with van der Waals surface area (Å²) in [7, 11) is 0. The van der Waals surface area contributed by atoms with Crippen LogP contribution in [-0.2, 0) is 4.79 Å². The van der Waals surface area contributed by atoms with Crippen molar-refractivity contribution in [3.8, 4) is 5.75 Å². The van der Waals surface area contributed by atoms with Crippen LogP contribution >= 0.6 is 11.8 Å². The molecule has 0 atom stereocenters. The van der Waals surface area contributed by atoms with E-state index in [1.807, 2.05) is 30.3 Å². The molecule has 3 rings (SSSR count). The molecule has 0 amide bonds. The van der Waals surface area contributed by atoms with E-state index in [2.05, 4.69) is 0 Å². The fraction of sp³-hybridized carbons (Fsp3) is 0.150. The first-order chi connectivity index (χ1) is 12.5. The molecular weight excluding hydrogens is 350 g/mol. The molecule has 0 radical (unpaired) electrons. The summed E-state index contributed by atoms with van der Waals surface area (Å²) in [4.78, 5) is 24.2. The third-order valence-corrected chi connectivity index (χ3v) is 4.99. The number of nitrogens with zero attached hydrogens (tertiary/aromatic N) is 1. The number of nitro benzene ring substituents is 1. The van der Waals surface area contributed by atoms with E-state index in [1.54, 1.807) is 38.1 Å². The van der Waals surface area contributed by atoms with Crippen LogP contribution in [0.1, 0.15) is 13.8 Å². The summed E-state index contributed by atoms with van der Waals surface area (Å²) in [6, 6.07) is 17.8. The van der Waals surface area contributed by atoms with Crippen molar-refractivity contribution < 1.29 is 14.5 Å². The second kappa shape index (κ2) is 7.58. The summed E-state index contributed by atoms with van der Waals surface area (Å²) in [6.07, 6.45) is 0. The van der Waals surface area contributed by atoms with Crippen LogP contribution in [0.2, 0.25) is 0 Å². The van der Waals surface area contributed by atoms with E-state index in [4.69, 9.17) is 4.74 Å². The quantitative estimate of drug-likeness (QED) is 0.259. The second-order valence-corrected chi connectivity index (χ2v) is 7.07. The molecule has 0 heterocycles. The van der Waals surface area contributed by atoms with Crippen LogP contribution in [0.3, 0.4) is 0 Å². The molecule has 0 aliphatic carbocycles. The molecule has 26 heavy (non-hydrogen) atoms. The molecule has 0 bridgehead atoms. The van der Waals surface area contributed by atoms with Gasteiger partial charge in [-0.05, 0) is 22.9 Å². The van der Waals surface area contributed by atoms with Crippen LogP contribution in [0.4, 0.5) is 5.69 Å². The Bertz CT molecular complexity index is 984. The zero-order chi connectivity index (χ0) is 18.7. The molecule has 0 aliphatic rings. The SMILES string of the molecule is CC(C)C(=O)Oc1ccc2ccccc2c1Sc1ccccc1[N+](=O)[O-]. The largest absolute Gasteiger partial charge is 0.425 e. The Labute approximate surface area is 155 Å². The molecular formula is C20H17NO4S. The van der Waals surface area contributed by atoms with Gasteiger partial charge >= 0.3 is 5.97 Å². The van der Waals surface area contributed by atoms with Gasteiger partial charge in [-0.15, -0.1) is 0 Å². The highest BCUT2D eigenvalue weighted by atomic mass is 32.2. The fourth-order valence-electron chi connectivity index (χ4n) is 2.44. The first-order valence-electron chi connectivity index (χ1n) is 8.12. The maximum Gasteiger partial charge on any atom is 0.313 e. The number of benzene rings is 3. The molecule has 0 N–H and O–H groups in total. The molecule has 0 fully saturated rings. The normalized spacial score (nSPS) is 10.9. The topological polar surface area (TPSA) is 69.4 Å². The zero-order valence-electron chi connectivity index (χ0n) is 14.3. The fourth-order valence-corrected chi connectivity index (χ4v) is 3.56. The van der Waals surface area contributed by atoms with Crippen LogP contribution in [0.5, 0.6) is 5.75 Å². The summed E-state index contributed by atoms with van der Waals surface area (Å²) >= 11 is 1.23. The number of para-hydroxylation sites is 1. The predicted octanol–water partition coefficient (Wildman–Crippen LogP) is 5.46. The number of nitro groups is 1. The third kappa shape index (κ3) is 3.70. The maximum atomic E-state index is 12.1. The van der Waals surface area contributed by atoms with E-state index in [0.717, 1.165) is 10.8 Å². The summed E-state index contributed by atoms with van der Waals surface area (Å²) in [5, 5.41) is 13.2. The minimum atomic E-state index is -0.409. The summed E-state index contributed by atoms with van der Waals surface area (Å²) in [5.41, 5.74) is 0.0200. The molecule has 0 saturated carbocycles. The Balaban J connectivity index is 2.13. The predicted molar refractivity (Wildman–Crippen MR) is 102 cm³/mol. The van der Waals surface area contributed by atoms with Crippen molar-refractivity contribution in [3.05, 3.63) is 70.8 Å². The van der Waals surface area contributed by atoms with Gasteiger partial charge in [-0.2, -0.15) is 0 Å². The zero-order valence-corrected chi connectivity index (χ0v) is 15.2. The molecule has 0 aromatic heterocycles. The lowest BCUT2D eigenvalue weighted by molar-refractivity contribution is -0.387. The van der Waals surface area contributed by atoms with Gasteiger partial charge in [0.2, 0.25) is 0 Å². The molecule has 0 saturated heterocycles. The van der Waals surface area contributed by atoms with Crippen LogP contribution in [0.15, 0.2) is 70.5 Å². The minimum Gasteiger partial charge on any atom is -0.425 e. The summed E-state index contributed by atoms with van der Waals surface area (Å²) in [5.74, 6) is -0.208. The van der Waals surface area contributed by atoms with Gasteiger partial charge in [0.25, 0.3) is 5.69 Å². The molecule has 132 valence electrons. The summed E-state index contributed by atoms with van der Waals surface area (Å²) < 4.78 is 5.56. The monoisotopic (exact) mass is 367 g/mol. The summed E-state index contributed by atoms with van der Waals surface area (Å²) in [6.45, 7) is 3.52. The minimum absolute atomic E-state index is 0.0200. The van der Waals surface area contributed by atoms with E-state index < -0.39 is 4.92 Å². The van der Waals surface area contributed by atoms with E-state index in [9.17, 15) is 14.9 Å². The van der Waals surface area contributed by atoms with Gasteiger partial charge in [0.1, 0.15) is 5.75 Å². The van der Waals surface area contributed by atoms with Gasteiger partial charge < -0.3 is 4.74 Å². The van der Waals surface area contributed by atoms with E-state index >= 15 is 0 Å². The number of ether oxygens (including phenoxy) is 1. The highest BCUT2D eigenvalue weighted by molar-refractivity contribution is 7.99. The number of esters is 1. The lowest BCUT2D eigenvalue weighted by Crippen LogP contribution is -2.15. The number of carbonyl (C=O) groups excluding carboxylic acids is 1. The Hall–Kier alpha value is -2.86. The number of rotatable bonds is 5. The Morgan fingerprint density at radius 2 is 1.73 bits per heavy atom. The Kier molecular flexibility index (Phi) is 5.23. The second-order valence-electron chi connectivity index (χ2n) is 6.02. The average Bonchev–Trinajstić information content (AvgIpc) is 2.63. The Morgan fingerprint density at radius 1 is 1.04 bits per heavy atom. The molecule has 0 spiro atoms. The molecule has 0 unspecified atom stereocenters. The van der Waals surface area contributed by atoms with Gasteiger partial charge in [-0.1, -0.05) is 68.1 Å². The van der Waals surface area contributed by atoms with Crippen molar-refractivity contribution in [3.63, 3.8) is 0 Å². The van der Waals surface area contributed by atoms with Crippen LogP contribution in [0, 0.1) is 16.0 Å². The van der Waals surface area contributed by atoms with Crippen LogP contribution < -0.4 is 4.74 Å². The van der Waals surface area contributed by atoms with Crippen LogP contribution in [0.25, 0.3) is 10.8 Å². The highest BCUT2D eigenvalue weighted by Crippen LogP contribution is 2.43. The number of hydrogen-bond donors (Lipinski definition) is 0. The molecule has 3 aromatic carbocycles. The number of hydrogen-bond acceptors (Lipinski definition) is 5. The molecule has 3 aromatic rings. The lowest BCUT2D eigenvalue weighted by Gasteiger charge is -2.14.